The van der Waals surface area contributed by atoms with Crippen molar-refractivity contribution in [3.05, 3.63) is 65.7 Å². The lowest BCUT2D eigenvalue weighted by Gasteiger charge is -2.31. The lowest BCUT2D eigenvalue weighted by molar-refractivity contribution is -0.141. The number of ether oxygens (including phenoxy) is 1. The van der Waals surface area contributed by atoms with Crippen molar-refractivity contribution in [1.82, 2.24) is 10.2 Å². The fourth-order valence-electron chi connectivity index (χ4n) is 3.06. The Morgan fingerprint density at radius 3 is 2.31 bits per heavy atom. The number of carbonyl (C=O) groups excluding carboxylic acids is 2. The summed E-state index contributed by atoms with van der Waals surface area (Å²) in [7, 11) is 1.61. The second-order valence-electron chi connectivity index (χ2n) is 8.27. The van der Waals surface area contributed by atoms with Crippen LogP contribution in [0.5, 0.6) is 5.75 Å². The van der Waals surface area contributed by atoms with Crippen molar-refractivity contribution in [2.45, 2.75) is 58.7 Å². The highest BCUT2D eigenvalue weighted by molar-refractivity contribution is 5.87. The Hall–Kier alpha value is -2.82. The second kappa shape index (κ2) is 10.1. The number of amides is 2. The third-order valence-corrected chi connectivity index (χ3v) is 4.62. The maximum Gasteiger partial charge on any atom is 0.242 e. The molecule has 0 heterocycles. The lowest BCUT2D eigenvalue weighted by atomic mass is 10.1. The van der Waals surface area contributed by atoms with E-state index in [-0.39, 0.29) is 17.4 Å². The molecule has 29 heavy (non-hydrogen) atoms. The number of methoxy groups -OCH3 is 1. The van der Waals surface area contributed by atoms with Crippen LogP contribution in [-0.2, 0) is 22.6 Å². The van der Waals surface area contributed by atoms with E-state index in [9.17, 15) is 9.59 Å². The molecule has 0 saturated carbocycles. The molecule has 0 aliphatic heterocycles. The normalized spacial score (nSPS) is 12.2. The molecule has 2 aromatic rings. The molecule has 0 aliphatic rings. The SMILES string of the molecule is COc1cccc(CN(C(=O)CCc2ccccc2)[C@@H](C)C(=O)NC(C)(C)C)c1. The van der Waals surface area contributed by atoms with Gasteiger partial charge in [-0.05, 0) is 57.4 Å². The van der Waals surface area contributed by atoms with Gasteiger partial charge in [0.15, 0.2) is 0 Å². The van der Waals surface area contributed by atoms with Crippen LogP contribution in [0.3, 0.4) is 0 Å². The van der Waals surface area contributed by atoms with Gasteiger partial charge in [0.1, 0.15) is 11.8 Å². The molecular formula is C24H32N2O3. The Bertz CT molecular complexity index is 812. The van der Waals surface area contributed by atoms with Crippen molar-refractivity contribution < 1.29 is 14.3 Å². The molecule has 2 amide bonds. The van der Waals surface area contributed by atoms with Gasteiger partial charge in [0.05, 0.1) is 7.11 Å². The van der Waals surface area contributed by atoms with E-state index < -0.39 is 6.04 Å². The molecule has 156 valence electrons. The average molecular weight is 397 g/mol. The summed E-state index contributed by atoms with van der Waals surface area (Å²) in [5, 5.41) is 2.98. The van der Waals surface area contributed by atoms with Gasteiger partial charge < -0.3 is 15.0 Å². The molecule has 5 heteroatoms. The molecule has 0 radical (unpaired) electrons. The first-order valence-electron chi connectivity index (χ1n) is 9.98. The number of benzene rings is 2. The van der Waals surface area contributed by atoms with Crippen molar-refractivity contribution in [2.75, 3.05) is 7.11 Å². The second-order valence-corrected chi connectivity index (χ2v) is 8.27. The molecule has 0 saturated heterocycles. The molecule has 0 bridgehead atoms. The Morgan fingerprint density at radius 1 is 1.03 bits per heavy atom. The Kier molecular flexibility index (Phi) is 7.82. The Morgan fingerprint density at radius 2 is 1.69 bits per heavy atom. The summed E-state index contributed by atoms with van der Waals surface area (Å²) >= 11 is 0. The van der Waals surface area contributed by atoms with Gasteiger partial charge in [0.2, 0.25) is 11.8 Å². The van der Waals surface area contributed by atoms with Crippen LogP contribution in [0, 0.1) is 0 Å². The fraction of sp³-hybridized carbons (Fsp3) is 0.417. The van der Waals surface area contributed by atoms with E-state index in [4.69, 9.17) is 4.74 Å². The van der Waals surface area contributed by atoms with Crippen LogP contribution in [0.1, 0.15) is 45.2 Å². The van der Waals surface area contributed by atoms with Gasteiger partial charge in [0, 0.05) is 18.5 Å². The largest absolute Gasteiger partial charge is 0.497 e. The number of nitrogens with one attached hydrogen (secondary N) is 1. The standard InChI is InChI=1S/C24H32N2O3/c1-18(23(28)25-24(2,3)4)26(17-20-12-9-13-21(16-20)29-5)22(27)15-14-19-10-7-6-8-11-19/h6-13,16,18H,14-15,17H2,1-5H3,(H,25,28)/t18-/m0/s1. The number of hydrogen-bond acceptors (Lipinski definition) is 3. The zero-order valence-electron chi connectivity index (χ0n) is 18.1. The van der Waals surface area contributed by atoms with Gasteiger partial charge in [0.25, 0.3) is 0 Å². The van der Waals surface area contributed by atoms with Crippen LogP contribution in [0.15, 0.2) is 54.6 Å². The molecule has 0 aliphatic carbocycles. The number of nitrogens with zero attached hydrogens (tertiary/aromatic N) is 1. The van der Waals surface area contributed by atoms with Gasteiger partial charge in [-0.25, -0.2) is 0 Å². The minimum atomic E-state index is -0.580. The monoisotopic (exact) mass is 396 g/mol. The van der Waals surface area contributed by atoms with Crippen LogP contribution in [0.2, 0.25) is 0 Å². The highest BCUT2D eigenvalue weighted by atomic mass is 16.5. The van der Waals surface area contributed by atoms with Crippen molar-refractivity contribution in [3.8, 4) is 5.75 Å². The van der Waals surface area contributed by atoms with E-state index in [2.05, 4.69) is 5.32 Å². The highest BCUT2D eigenvalue weighted by Gasteiger charge is 2.28. The number of carbonyl (C=O) groups is 2. The molecule has 2 rings (SSSR count). The molecule has 0 aromatic heterocycles. The molecule has 0 unspecified atom stereocenters. The number of hydrogen-bond donors (Lipinski definition) is 1. The minimum Gasteiger partial charge on any atom is -0.497 e. The fourth-order valence-corrected chi connectivity index (χ4v) is 3.06. The topological polar surface area (TPSA) is 58.6 Å². The molecule has 0 fully saturated rings. The summed E-state index contributed by atoms with van der Waals surface area (Å²) < 4.78 is 5.29. The van der Waals surface area contributed by atoms with Gasteiger partial charge in [-0.2, -0.15) is 0 Å². The van der Waals surface area contributed by atoms with E-state index >= 15 is 0 Å². The quantitative estimate of drug-likeness (QED) is 0.735. The number of rotatable bonds is 8. The maximum absolute atomic E-state index is 13.1. The lowest BCUT2D eigenvalue weighted by Crippen LogP contribution is -2.52. The summed E-state index contributed by atoms with van der Waals surface area (Å²) in [6.07, 6.45) is 0.989. The molecule has 5 nitrogen and oxygen atoms in total. The molecule has 1 atom stereocenters. The van der Waals surface area contributed by atoms with Crippen LogP contribution in [0.25, 0.3) is 0 Å². The first-order valence-corrected chi connectivity index (χ1v) is 9.98. The van der Waals surface area contributed by atoms with Gasteiger partial charge in [-0.3, -0.25) is 9.59 Å². The predicted octanol–water partition coefficient (Wildman–Crippen LogP) is 3.96. The average Bonchev–Trinajstić information content (AvgIpc) is 2.69. The third kappa shape index (κ3) is 7.26. The van der Waals surface area contributed by atoms with Crippen molar-refractivity contribution in [1.29, 1.82) is 0 Å². The smallest absolute Gasteiger partial charge is 0.242 e. The van der Waals surface area contributed by atoms with Crippen LogP contribution < -0.4 is 10.1 Å². The van der Waals surface area contributed by atoms with Crippen LogP contribution >= 0.6 is 0 Å². The zero-order valence-corrected chi connectivity index (χ0v) is 18.1. The minimum absolute atomic E-state index is 0.0479. The van der Waals surface area contributed by atoms with E-state index in [0.717, 1.165) is 16.9 Å². The zero-order chi connectivity index (χ0) is 21.4. The summed E-state index contributed by atoms with van der Waals surface area (Å²) in [5.41, 5.74) is 1.67. The first-order chi connectivity index (χ1) is 13.7. The van der Waals surface area contributed by atoms with Crippen molar-refractivity contribution in [2.24, 2.45) is 0 Å². The molecule has 2 aromatic carbocycles. The summed E-state index contributed by atoms with van der Waals surface area (Å²) in [6, 6.07) is 16.9. The third-order valence-electron chi connectivity index (χ3n) is 4.62. The summed E-state index contributed by atoms with van der Waals surface area (Å²) in [6.45, 7) is 7.93. The molecule has 0 spiro atoms. The maximum atomic E-state index is 13.1. The molecule has 1 N–H and O–H groups in total. The van der Waals surface area contributed by atoms with E-state index in [1.807, 2.05) is 75.4 Å². The van der Waals surface area contributed by atoms with Gasteiger partial charge >= 0.3 is 0 Å². The van der Waals surface area contributed by atoms with E-state index in [0.29, 0.717) is 19.4 Å². The first kappa shape index (κ1) is 22.5. The van der Waals surface area contributed by atoms with Gasteiger partial charge in [-0.1, -0.05) is 42.5 Å². The van der Waals surface area contributed by atoms with Crippen molar-refractivity contribution in [3.63, 3.8) is 0 Å². The highest BCUT2D eigenvalue weighted by Crippen LogP contribution is 2.18. The molecular weight excluding hydrogens is 364 g/mol. The van der Waals surface area contributed by atoms with Gasteiger partial charge in [-0.15, -0.1) is 0 Å². The van der Waals surface area contributed by atoms with Crippen molar-refractivity contribution >= 4 is 11.8 Å². The Balaban J connectivity index is 2.18. The Labute approximate surface area is 174 Å². The van der Waals surface area contributed by atoms with Crippen LogP contribution in [0.4, 0.5) is 0 Å². The predicted molar refractivity (Wildman–Crippen MR) is 116 cm³/mol. The summed E-state index contributed by atoms with van der Waals surface area (Å²) in [5.74, 6) is 0.521. The van der Waals surface area contributed by atoms with Crippen LogP contribution in [-0.4, -0.2) is 35.4 Å². The van der Waals surface area contributed by atoms with E-state index in [1.54, 1.807) is 18.9 Å². The summed E-state index contributed by atoms with van der Waals surface area (Å²) in [4.78, 5) is 27.5. The number of aryl methyl sites for hydroxylation is 1. The van der Waals surface area contributed by atoms with E-state index in [1.165, 1.54) is 0 Å².